The Hall–Kier alpha value is -1.83. The first-order valence-electron chi connectivity index (χ1n) is 4.74. The lowest BCUT2D eigenvalue weighted by Crippen LogP contribution is -2.34. The topological polar surface area (TPSA) is 78.3 Å². The van der Waals surface area contributed by atoms with Crippen LogP contribution in [0.25, 0.3) is 0 Å². The van der Waals surface area contributed by atoms with Crippen LogP contribution in [0.4, 0.5) is 23.2 Å². The monoisotopic (exact) mass is 266 g/mol. The Morgan fingerprint density at radius 1 is 1.17 bits per heavy atom. The number of nitrogens with two attached hydrogens (primary N) is 2. The van der Waals surface area contributed by atoms with Crippen LogP contribution < -0.4 is 11.5 Å². The summed E-state index contributed by atoms with van der Waals surface area (Å²) < 4.78 is 57.2. The fraction of sp³-hybridized carbons (Fsp3) is 0.300. The Bertz CT molecular complexity index is 464. The molecule has 0 aliphatic carbocycles. The minimum atomic E-state index is -1.72. The van der Waals surface area contributed by atoms with Crippen LogP contribution in [0.3, 0.4) is 0 Å². The quantitative estimate of drug-likeness (QED) is 0.368. The smallest absolute Gasteiger partial charge is 0.322 e. The Morgan fingerprint density at radius 2 is 1.61 bits per heavy atom. The van der Waals surface area contributed by atoms with Gasteiger partial charge in [-0.2, -0.15) is 0 Å². The zero-order chi connectivity index (χ0) is 14.0. The van der Waals surface area contributed by atoms with Crippen molar-refractivity contribution >= 4 is 11.7 Å². The zero-order valence-corrected chi connectivity index (χ0v) is 9.27. The highest BCUT2D eigenvalue weighted by molar-refractivity contribution is 5.75. The van der Waals surface area contributed by atoms with Crippen LogP contribution in [0.15, 0.2) is 0 Å². The fourth-order valence-corrected chi connectivity index (χ4v) is 1.33. The number of hydrogen-bond acceptors (Lipinski definition) is 4. The molecule has 0 saturated heterocycles. The van der Waals surface area contributed by atoms with E-state index in [-0.39, 0.29) is 0 Å². The van der Waals surface area contributed by atoms with E-state index in [4.69, 9.17) is 11.5 Å². The normalized spacial score (nSPS) is 12.3. The summed E-state index contributed by atoms with van der Waals surface area (Å²) >= 11 is 0. The number of benzene rings is 1. The number of methoxy groups -OCH3 is 1. The van der Waals surface area contributed by atoms with Crippen molar-refractivity contribution < 1.29 is 27.1 Å². The van der Waals surface area contributed by atoms with Crippen LogP contribution in [0.5, 0.6) is 0 Å². The van der Waals surface area contributed by atoms with Crippen molar-refractivity contribution in [3.05, 3.63) is 28.8 Å². The molecular formula is C10H10F4N2O2. The second-order valence-corrected chi connectivity index (χ2v) is 3.48. The van der Waals surface area contributed by atoms with Crippen LogP contribution in [-0.2, 0) is 16.0 Å². The maximum absolute atomic E-state index is 13.4. The van der Waals surface area contributed by atoms with E-state index in [2.05, 4.69) is 4.74 Å². The van der Waals surface area contributed by atoms with Crippen molar-refractivity contribution in [2.24, 2.45) is 5.73 Å². The molecule has 0 radical (unpaired) electrons. The molecule has 0 saturated carbocycles. The van der Waals surface area contributed by atoms with Crippen LogP contribution in [0.2, 0.25) is 0 Å². The fourth-order valence-electron chi connectivity index (χ4n) is 1.33. The third-order valence-electron chi connectivity index (χ3n) is 2.32. The molecule has 0 unspecified atom stereocenters. The SMILES string of the molecule is COC(=O)[C@H](N)Cc1c(F)c(F)c(N)c(F)c1F. The molecule has 0 fully saturated rings. The number of hydrogen-bond donors (Lipinski definition) is 2. The molecule has 4 N–H and O–H groups in total. The maximum Gasteiger partial charge on any atom is 0.322 e. The lowest BCUT2D eigenvalue weighted by atomic mass is 10.0. The van der Waals surface area contributed by atoms with Gasteiger partial charge in [-0.25, -0.2) is 17.6 Å². The van der Waals surface area contributed by atoms with Gasteiger partial charge in [0.05, 0.1) is 7.11 Å². The van der Waals surface area contributed by atoms with Crippen molar-refractivity contribution in [3.63, 3.8) is 0 Å². The van der Waals surface area contributed by atoms with Crippen LogP contribution >= 0.6 is 0 Å². The average molecular weight is 266 g/mol. The summed E-state index contributed by atoms with van der Waals surface area (Å²) in [5, 5.41) is 0. The van der Waals surface area contributed by atoms with Crippen molar-refractivity contribution in [1.82, 2.24) is 0 Å². The maximum atomic E-state index is 13.4. The van der Waals surface area contributed by atoms with Gasteiger partial charge in [-0.1, -0.05) is 0 Å². The average Bonchev–Trinajstić information content (AvgIpc) is 2.37. The van der Waals surface area contributed by atoms with Gasteiger partial charge in [0.2, 0.25) is 0 Å². The number of esters is 1. The number of rotatable bonds is 3. The molecule has 8 heteroatoms. The number of nitrogen functional groups attached to an aromatic ring is 1. The van der Waals surface area contributed by atoms with E-state index in [9.17, 15) is 22.4 Å². The first kappa shape index (κ1) is 14.2. The Labute approximate surface area is 99.5 Å². The number of anilines is 1. The molecule has 18 heavy (non-hydrogen) atoms. The molecule has 1 aromatic carbocycles. The van der Waals surface area contributed by atoms with Crippen molar-refractivity contribution in [2.75, 3.05) is 12.8 Å². The van der Waals surface area contributed by atoms with E-state index in [0.29, 0.717) is 0 Å². The van der Waals surface area contributed by atoms with Gasteiger partial charge in [0.1, 0.15) is 11.7 Å². The Morgan fingerprint density at radius 3 is 2.00 bits per heavy atom. The number of halogens is 4. The number of carbonyl (C=O) groups is 1. The lowest BCUT2D eigenvalue weighted by Gasteiger charge is -2.12. The van der Waals surface area contributed by atoms with E-state index in [0.717, 1.165) is 7.11 Å². The van der Waals surface area contributed by atoms with Gasteiger partial charge in [0.25, 0.3) is 0 Å². The predicted molar refractivity (Wildman–Crippen MR) is 54.4 cm³/mol. The van der Waals surface area contributed by atoms with Gasteiger partial charge in [-0.15, -0.1) is 0 Å². The molecule has 1 aromatic rings. The van der Waals surface area contributed by atoms with Gasteiger partial charge in [0, 0.05) is 12.0 Å². The first-order chi connectivity index (χ1) is 8.31. The van der Waals surface area contributed by atoms with E-state index < -0.39 is 53.0 Å². The summed E-state index contributed by atoms with van der Waals surface area (Å²) in [5.74, 6) is -7.76. The van der Waals surface area contributed by atoms with E-state index in [1.807, 2.05) is 0 Å². The van der Waals surface area contributed by atoms with Gasteiger partial charge >= 0.3 is 5.97 Å². The number of ether oxygens (including phenoxy) is 1. The highest BCUT2D eigenvalue weighted by Crippen LogP contribution is 2.26. The second-order valence-electron chi connectivity index (χ2n) is 3.48. The van der Waals surface area contributed by atoms with E-state index in [1.165, 1.54) is 0 Å². The minimum absolute atomic E-state index is 0.752. The van der Waals surface area contributed by atoms with Crippen molar-refractivity contribution in [3.8, 4) is 0 Å². The highest BCUT2D eigenvalue weighted by atomic mass is 19.2. The van der Waals surface area contributed by atoms with Crippen molar-refractivity contribution in [2.45, 2.75) is 12.5 Å². The second kappa shape index (κ2) is 5.21. The molecule has 0 heterocycles. The molecule has 0 amide bonds. The largest absolute Gasteiger partial charge is 0.468 e. The summed E-state index contributed by atoms with van der Waals surface area (Å²) in [6, 6.07) is -1.44. The van der Waals surface area contributed by atoms with Crippen LogP contribution in [0, 0.1) is 23.3 Å². The first-order valence-corrected chi connectivity index (χ1v) is 4.74. The predicted octanol–water partition coefficient (Wildman–Crippen LogP) is 0.868. The molecule has 0 spiro atoms. The lowest BCUT2D eigenvalue weighted by molar-refractivity contribution is -0.142. The Kier molecular flexibility index (Phi) is 4.12. The third kappa shape index (κ3) is 2.37. The molecule has 4 nitrogen and oxygen atoms in total. The summed E-state index contributed by atoms with van der Waals surface area (Å²) in [4.78, 5) is 11.0. The zero-order valence-electron chi connectivity index (χ0n) is 9.27. The summed E-state index contributed by atoms with van der Waals surface area (Å²) in [6.45, 7) is 0. The van der Waals surface area contributed by atoms with E-state index in [1.54, 1.807) is 0 Å². The molecule has 1 rings (SSSR count). The minimum Gasteiger partial charge on any atom is -0.468 e. The van der Waals surface area contributed by atoms with Gasteiger partial charge < -0.3 is 16.2 Å². The van der Waals surface area contributed by atoms with Crippen LogP contribution in [-0.4, -0.2) is 19.1 Å². The molecule has 0 aromatic heterocycles. The molecule has 100 valence electrons. The van der Waals surface area contributed by atoms with Gasteiger partial charge in [-0.3, -0.25) is 4.79 Å². The van der Waals surface area contributed by atoms with Gasteiger partial charge in [0.15, 0.2) is 23.3 Å². The molecule has 0 aliphatic heterocycles. The van der Waals surface area contributed by atoms with Crippen LogP contribution in [0.1, 0.15) is 5.56 Å². The molecule has 0 bridgehead atoms. The third-order valence-corrected chi connectivity index (χ3v) is 2.32. The summed E-state index contributed by atoms with van der Waals surface area (Å²) in [7, 11) is 1.01. The number of carbonyl (C=O) groups excluding carboxylic acids is 1. The van der Waals surface area contributed by atoms with E-state index >= 15 is 0 Å². The summed E-state index contributed by atoms with van der Waals surface area (Å²) in [5.41, 5.74) is 7.82. The Balaban J connectivity index is 3.22. The highest BCUT2D eigenvalue weighted by Gasteiger charge is 2.26. The van der Waals surface area contributed by atoms with Gasteiger partial charge in [-0.05, 0) is 0 Å². The summed E-state index contributed by atoms with van der Waals surface area (Å²) in [6.07, 6.45) is -0.752. The molecule has 1 atom stereocenters. The molecule has 0 aliphatic rings. The van der Waals surface area contributed by atoms with Crippen molar-refractivity contribution in [1.29, 1.82) is 0 Å². The standard InChI is InChI=1S/C10H10F4N2O2/c1-18-10(17)4(15)2-3-5(11)7(13)9(16)8(14)6(3)12/h4H,2,15-16H2,1H3/t4-/m1/s1. The molecular weight excluding hydrogens is 256 g/mol.